The lowest BCUT2D eigenvalue weighted by atomic mass is 10.0. The number of hydrogen-bond acceptors (Lipinski definition) is 4. The van der Waals surface area contributed by atoms with Crippen molar-refractivity contribution in [2.75, 3.05) is 7.11 Å². The monoisotopic (exact) mass is 425 g/mol. The Labute approximate surface area is 178 Å². The molecule has 0 bridgehead atoms. The molecule has 31 heavy (non-hydrogen) atoms. The molecule has 0 aromatic heterocycles. The van der Waals surface area contributed by atoms with Crippen LogP contribution in [0.15, 0.2) is 72.8 Å². The molecule has 7 heteroatoms. The van der Waals surface area contributed by atoms with Crippen LogP contribution in [0.1, 0.15) is 21.5 Å². The largest absolute Gasteiger partial charge is 0.489 e. The Morgan fingerprint density at radius 2 is 1.65 bits per heavy atom. The molecule has 0 unspecified atom stereocenters. The average molecular weight is 425 g/mol. The van der Waals surface area contributed by atoms with E-state index < -0.39 is 35.1 Å². The maximum atomic E-state index is 13.9. The van der Waals surface area contributed by atoms with Crippen molar-refractivity contribution < 1.29 is 27.8 Å². The summed E-state index contributed by atoms with van der Waals surface area (Å²) in [5, 5.41) is 2.42. The van der Waals surface area contributed by atoms with Gasteiger partial charge in [-0.25, -0.2) is 13.6 Å². The molecule has 3 aromatic carbocycles. The Hall–Kier alpha value is -3.74. The van der Waals surface area contributed by atoms with Crippen LogP contribution in [0.4, 0.5) is 8.78 Å². The smallest absolute Gasteiger partial charge is 0.328 e. The molecule has 1 atom stereocenters. The summed E-state index contributed by atoms with van der Waals surface area (Å²) in [6, 6.07) is 18.9. The number of amides is 1. The first kappa shape index (κ1) is 22.0. The highest BCUT2D eigenvalue weighted by Gasteiger charge is 2.25. The third kappa shape index (κ3) is 5.88. The average Bonchev–Trinajstić information content (AvgIpc) is 2.79. The molecule has 0 aliphatic heterocycles. The molecule has 0 aliphatic carbocycles. The van der Waals surface area contributed by atoms with E-state index in [0.717, 1.165) is 17.7 Å². The Morgan fingerprint density at radius 1 is 0.935 bits per heavy atom. The molecule has 1 amide bonds. The second kappa shape index (κ2) is 10.3. The highest BCUT2D eigenvalue weighted by molar-refractivity contribution is 5.97. The molecule has 1 N–H and O–H groups in total. The number of methoxy groups -OCH3 is 1. The second-order valence-corrected chi connectivity index (χ2v) is 6.78. The van der Waals surface area contributed by atoms with E-state index in [1.54, 1.807) is 24.3 Å². The summed E-state index contributed by atoms with van der Waals surface area (Å²) in [5.74, 6) is -3.46. The number of halogens is 2. The summed E-state index contributed by atoms with van der Waals surface area (Å²) in [5.41, 5.74) is 1.21. The van der Waals surface area contributed by atoms with Crippen LogP contribution in [0.2, 0.25) is 0 Å². The SMILES string of the molecule is COC(=O)[C@H](Cc1cccc(OCc2ccccc2)c1)NC(=O)c1cccc(F)c1F. The summed E-state index contributed by atoms with van der Waals surface area (Å²) in [6.07, 6.45) is 0.0812. The zero-order chi connectivity index (χ0) is 22.2. The van der Waals surface area contributed by atoms with Crippen molar-refractivity contribution in [2.45, 2.75) is 19.1 Å². The van der Waals surface area contributed by atoms with Crippen LogP contribution in [0.3, 0.4) is 0 Å². The lowest BCUT2D eigenvalue weighted by Crippen LogP contribution is -2.43. The molecule has 0 radical (unpaired) electrons. The third-order valence-electron chi connectivity index (χ3n) is 4.57. The van der Waals surface area contributed by atoms with Crippen LogP contribution in [0.5, 0.6) is 5.75 Å². The van der Waals surface area contributed by atoms with Crippen molar-refractivity contribution in [3.63, 3.8) is 0 Å². The minimum atomic E-state index is -1.28. The van der Waals surface area contributed by atoms with E-state index in [1.165, 1.54) is 13.2 Å². The number of carbonyl (C=O) groups is 2. The van der Waals surface area contributed by atoms with Crippen molar-refractivity contribution >= 4 is 11.9 Å². The molecule has 0 fully saturated rings. The number of nitrogens with one attached hydrogen (secondary N) is 1. The third-order valence-corrected chi connectivity index (χ3v) is 4.57. The maximum absolute atomic E-state index is 13.9. The first-order valence-corrected chi connectivity index (χ1v) is 9.56. The highest BCUT2D eigenvalue weighted by Crippen LogP contribution is 2.18. The lowest BCUT2D eigenvalue weighted by Gasteiger charge is -2.17. The Balaban J connectivity index is 1.71. The van der Waals surface area contributed by atoms with Gasteiger partial charge in [-0.2, -0.15) is 0 Å². The van der Waals surface area contributed by atoms with Gasteiger partial charge in [-0.15, -0.1) is 0 Å². The summed E-state index contributed by atoms with van der Waals surface area (Å²) >= 11 is 0. The van der Waals surface area contributed by atoms with E-state index in [4.69, 9.17) is 9.47 Å². The first-order chi connectivity index (χ1) is 15.0. The molecule has 0 saturated heterocycles. The topological polar surface area (TPSA) is 64.6 Å². The summed E-state index contributed by atoms with van der Waals surface area (Å²) in [4.78, 5) is 24.6. The Kier molecular flexibility index (Phi) is 7.32. The maximum Gasteiger partial charge on any atom is 0.328 e. The van der Waals surface area contributed by atoms with E-state index in [1.807, 2.05) is 30.3 Å². The number of benzene rings is 3. The van der Waals surface area contributed by atoms with Gasteiger partial charge >= 0.3 is 5.97 Å². The van der Waals surface area contributed by atoms with Gasteiger partial charge in [-0.3, -0.25) is 4.79 Å². The van der Waals surface area contributed by atoms with Crippen LogP contribution in [0, 0.1) is 11.6 Å². The predicted octanol–water partition coefficient (Wildman–Crippen LogP) is 4.06. The van der Waals surface area contributed by atoms with Crippen molar-refractivity contribution in [3.05, 3.63) is 101 Å². The van der Waals surface area contributed by atoms with Gasteiger partial charge in [0, 0.05) is 6.42 Å². The van der Waals surface area contributed by atoms with Gasteiger partial charge in [-0.1, -0.05) is 48.5 Å². The standard InChI is InChI=1S/C24H21F2NO4/c1-30-24(29)21(27-23(28)19-11-6-12-20(25)22(19)26)14-17-9-5-10-18(13-17)31-15-16-7-3-2-4-8-16/h2-13,21H,14-15H2,1H3,(H,27,28)/t21-/m0/s1. The lowest BCUT2D eigenvalue weighted by molar-refractivity contribution is -0.142. The Morgan fingerprint density at radius 3 is 2.39 bits per heavy atom. The van der Waals surface area contributed by atoms with Crippen molar-refractivity contribution in [1.82, 2.24) is 5.32 Å². The predicted molar refractivity (Wildman–Crippen MR) is 111 cm³/mol. The number of esters is 1. The molecule has 3 aromatic rings. The van der Waals surface area contributed by atoms with Crippen molar-refractivity contribution in [1.29, 1.82) is 0 Å². The molecule has 0 spiro atoms. The number of carbonyl (C=O) groups excluding carboxylic acids is 2. The zero-order valence-electron chi connectivity index (χ0n) is 16.8. The minimum Gasteiger partial charge on any atom is -0.489 e. The highest BCUT2D eigenvalue weighted by atomic mass is 19.2. The van der Waals surface area contributed by atoms with Gasteiger partial charge in [-0.05, 0) is 35.4 Å². The van der Waals surface area contributed by atoms with Gasteiger partial charge in [0.15, 0.2) is 11.6 Å². The normalized spacial score (nSPS) is 11.5. The quantitative estimate of drug-likeness (QED) is 0.553. The fraction of sp³-hybridized carbons (Fsp3) is 0.167. The molecule has 0 saturated carbocycles. The van der Waals surface area contributed by atoms with E-state index in [0.29, 0.717) is 17.9 Å². The molecule has 0 heterocycles. The first-order valence-electron chi connectivity index (χ1n) is 9.56. The van der Waals surface area contributed by atoms with Crippen LogP contribution in [-0.4, -0.2) is 25.0 Å². The minimum absolute atomic E-state index is 0.0812. The summed E-state index contributed by atoms with van der Waals surface area (Å²) in [6.45, 7) is 0.375. The van der Waals surface area contributed by atoms with Crippen LogP contribution < -0.4 is 10.1 Å². The molecule has 160 valence electrons. The fourth-order valence-corrected chi connectivity index (χ4v) is 2.99. The van der Waals surface area contributed by atoms with Crippen molar-refractivity contribution in [2.24, 2.45) is 0 Å². The van der Waals surface area contributed by atoms with E-state index >= 15 is 0 Å². The zero-order valence-corrected chi connectivity index (χ0v) is 16.8. The fourth-order valence-electron chi connectivity index (χ4n) is 2.99. The van der Waals surface area contributed by atoms with Crippen LogP contribution in [0.25, 0.3) is 0 Å². The number of ether oxygens (including phenoxy) is 2. The summed E-state index contributed by atoms with van der Waals surface area (Å²) < 4.78 is 37.9. The number of hydrogen-bond donors (Lipinski definition) is 1. The number of rotatable bonds is 8. The van der Waals surface area contributed by atoms with Crippen LogP contribution in [-0.2, 0) is 22.6 Å². The van der Waals surface area contributed by atoms with Gasteiger partial charge in [0.05, 0.1) is 12.7 Å². The molecular weight excluding hydrogens is 404 g/mol. The molecule has 3 rings (SSSR count). The van der Waals surface area contributed by atoms with Gasteiger partial charge in [0.2, 0.25) is 0 Å². The second-order valence-electron chi connectivity index (χ2n) is 6.78. The molecule has 5 nitrogen and oxygen atoms in total. The summed E-state index contributed by atoms with van der Waals surface area (Å²) in [7, 11) is 1.18. The van der Waals surface area contributed by atoms with Gasteiger partial charge in [0.25, 0.3) is 5.91 Å². The van der Waals surface area contributed by atoms with Gasteiger partial charge < -0.3 is 14.8 Å². The van der Waals surface area contributed by atoms with E-state index in [9.17, 15) is 18.4 Å². The molecule has 0 aliphatic rings. The van der Waals surface area contributed by atoms with E-state index in [-0.39, 0.29) is 6.42 Å². The van der Waals surface area contributed by atoms with Crippen LogP contribution >= 0.6 is 0 Å². The van der Waals surface area contributed by atoms with Crippen molar-refractivity contribution in [3.8, 4) is 5.75 Å². The Bertz CT molecular complexity index is 1060. The van der Waals surface area contributed by atoms with E-state index in [2.05, 4.69) is 5.32 Å². The van der Waals surface area contributed by atoms with Gasteiger partial charge in [0.1, 0.15) is 18.4 Å². The molecular formula is C24H21F2NO4.